The Bertz CT molecular complexity index is 269. The molecule has 12 heavy (non-hydrogen) atoms. The van der Waals surface area contributed by atoms with E-state index < -0.39 is 0 Å². The average Bonchev–Trinajstić information content (AvgIpc) is 2.07. The average molecular weight is 178 g/mol. The van der Waals surface area contributed by atoms with Gasteiger partial charge in [-0.1, -0.05) is 37.4 Å². The molecule has 1 atom stereocenters. The van der Waals surface area contributed by atoms with Crippen LogP contribution >= 0.6 is 12.2 Å². The SMILES string of the molecule is C=CCC1=C(C)C(=S)C(C)C=C1. The Morgan fingerprint density at radius 3 is 2.92 bits per heavy atom. The maximum atomic E-state index is 5.30. The fourth-order valence-corrected chi connectivity index (χ4v) is 1.56. The van der Waals surface area contributed by atoms with Crippen molar-refractivity contribution in [2.24, 2.45) is 5.92 Å². The maximum Gasteiger partial charge on any atom is 0.0250 e. The summed E-state index contributed by atoms with van der Waals surface area (Å²) in [6, 6.07) is 0. The molecular formula is C11H14S. The molecule has 0 aromatic rings. The van der Waals surface area contributed by atoms with Crippen LogP contribution in [0.4, 0.5) is 0 Å². The van der Waals surface area contributed by atoms with E-state index in [0.29, 0.717) is 5.92 Å². The van der Waals surface area contributed by atoms with Crippen LogP contribution in [0, 0.1) is 5.92 Å². The highest BCUT2D eigenvalue weighted by Gasteiger charge is 2.14. The lowest BCUT2D eigenvalue weighted by Crippen LogP contribution is -2.12. The third-order valence-electron chi connectivity index (χ3n) is 2.22. The summed E-state index contributed by atoms with van der Waals surface area (Å²) in [6.45, 7) is 7.95. The summed E-state index contributed by atoms with van der Waals surface area (Å²) >= 11 is 5.30. The maximum absolute atomic E-state index is 5.30. The highest BCUT2D eigenvalue weighted by molar-refractivity contribution is 7.80. The Kier molecular flexibility index (Phi) is 2.99. The van der Waals surface area contributed by atoms with Gasteiger partial charge in [-0.2, -0.15) is 0 Å². The molecule has 0 saturated heterocycles. The number of hydrogen-bond acceptors (Lipinski definition) is 1. The van der Waals surface area contributed by atoms with Crippen LogP contribution in [0.5, 0.6) is 0 Å². The summed E-state index contributed by atoms with van der Waals surface area (Å²) in [4.78, 5) is 1.08. The first kappa shape index (κ1) is 9.40. The normalized spacial score (nSPS) is 23.2. The van der Waals surface area contributed by atoms with Crippen LogP contribution in [0.15, 0.2) is 36.0 Å². The number of allylic oxidation sites excluding steroid dienone is 5. The molecule has 0 bridgehead atoms. The van der Waals surface area contributed by atoms with E-state index in [-0.39, 0.29) is 0 Å². The molecule has 0 radical (unpaired) electrons. The van der Waals surface area contributed by atoms with Crippen molar-refractivity contribution in [3.63, 3.8) is 0 Å². The van der Waals surface area contributed by atoms with Gasteiger partial charge in [-0.15, -0.1) is 6.58 Å². The Morgan fingerprint density at radius 2 is 2.33 bits per heavy atom. The van der Waals surface area contributed by atoms with Crippen LogP contribution in [0.3, 0.4) is 0 Å². The Labute approximate surface area is 79.7 Å². The summed E-state index contributed by atoms with van der Waals surface area (Å²) < 4.78 is 0. The van der Waals surface area contributed by atoms with Gasteiger partial charge in [-0.3, -0.25) is 0 Å². The quantitative estimate of drug-likeness (QED) is 0.461. The van der Waals surface area contributed by atoms with E-state index >= 15 is 0 Å². The third-order valence-corrected chi connectivity index (χ3v) is 2.89. The molecule has 1 heteroatoms. The molecule has 0 aromatic carbocycles. The molecule has 0 aromatic heterocycles. The van der Waals surface area contributed by atoms with Crippen LogP contribution in [-0.2, 0) is 0 Å². The summed E-state index contributed by atoms with van der Waals surface area (Å²) in [5.74, 6) is 0.425. The van der Waals surface area contributed by atoms with Crippen LogP contribution in [0.1, 0.15) is 20.3 Å². The fourth-order valence-electron chi connectivity index (χ4n) is 1.35. The van der Waals surface area contributed by atoms with Crippen LogP contribution < -0.4 is 0 Å². The highest BCUT2D eigenvalue weighted by Crippen LogP contribution is 2.23. The second-order valence-corrected chi connectivity index (χ2v) is 3.59. The standard InChI is InChI=1S/C11H14S/c1-4-5-10-7-6-8(2)11(12)9(10)3/h4,6-8H,1,5H2,2-3H3. The molecule has 1 unspecified atom stereocenters. The zero-order valence-corrected chi connectivity index (χ0v) is 8.45. The molecule has 1 aliphatic carbocycles. The lowest BCUT2D eigenvalue weighted by molar-refractivity contribution is 0.989. The molecular weight excluding hydrogens is 164 g/mol. The van der Waals surface area contributed by atoms with Gasteiger partial charge in [-0.25, -0.2) is 0 Å². The van der Waals surface area contributed by atoms with Gasteiger partial charge in [0.2, 0.25) is 0 Å². The molecule has 0 spiro atoms. The first-order chi connectivity index (χ1) is 5.66. The summed E-state index contributed by atoms with van der Waals surface area (Å²) in [7, 11) is 0. The van der Waals surface area contributed by atoms with Crippen LogP contribution in [0.25, 0.3) is 0 Å². The lowest BCUT2D eigenvalue weighted by Gasteiger charge is -2.17. The van der Waals surface area contributed by atoms with Gasteiger partial charge in [0.15, 0.2) is 0 Å². The fraction of sp³-hybridized carbons (Fsp3) is 0.364. The Hall–Kier alpha value is -0.690. The van der Waals surface area contributed by atoms with E-state index in [1.807, 2.05) is 6.08 Å². The predicted octanol–water partition coefficient (Wildman–Crippen LogP) is 3.45. The van der Waals surface area contributed by atoms with Crippen molar-refractivity contribution in [2.45, 2.75) is 20.3 Å². The number of thiocarbonyl (C=S) groups is 1. The smallest absolute Gasteiger partial charge is 0.0250 e. The van der Waals surface area contributed by atoms with Crippen molar-refractivity contribution in [3.8, 4) is 0 Å². The largest absolute Gasteiger partial charge is 0.103 e. The molecule has 1 aliphatic rings. The van der Waals surface area contributed by atoms with Gasteiger partial charge in [0, 0.05) is 10.8 Å². The third kappa shape index (κ3) is 1.72. The second kappa shape index (κ2) is 3.81. The van der Waals surface area contributed by atoms with Crippen molar-refractivity contribution in [1.29, 1.82) is 0 Å². The molecule has 0 saturated carbocycles. The van der Waals surface area contributed by atoms with Crippen molar-refractivity contribution in [3.05, 3.63) is 36.0 Å². The van der Waals surface area contributed by atoms with E-state index in [4.69, 9.17) is 12.2 Å². The van der Waals surface area contributed by atoms with Crippen molar-refractivity contribution in [2.75, 3.05) is 0 Å². The Balaban J connectivity index is 2.93. The van der Waals surface area contributed by atoms with E-state index in [1.165, 1.54) is 11.1 Å². The highest BCUT2D eigenvalue weighted by atomic mass is 32.1. The monoisotopic (exact) mass is 178 g/mol. The lowest BCUT2D eigenvalue weighted by atomic mass is 9.90. The van der Waals surface area contributed by atoms with E-state index in [1.54, 1.807) is 0 Å². The minimum Gasteiger partial charge on any atom is -0.103 e. The van der Waals surface area contributed by atoms with Gasteiger partial charge in [-0.05, 0) is 24.5 Å². The van der Waals surface area contributed by atoms with Crippen LogP contribution in [-0.4, -0.2) is 4.86 Å². The van der Waals surface area contributed by atoms with Gasteiger partial charge >= 0.3 is 0 Å². The molecule has 0 nitrogen and oxygen atoms in total. The predicted molar refractivity (Wildman–Crippen MR) is 58.4 cm³/mol. The summed E-state index contributed by atoms with van der Waals surface area (Å²) in [5, 5.41) is 0. The van der Waals surface area contributed by atoms with Gasteiger partial charge < -0.3 is 0 Å². The van der Waals surface area contributed by atoms with Crippen LogP contribution in [0.2, 0.25) is 0 Å². The van der Waals surface area contributed by atoms with E-state index in [2.05, 4.69) is 32.6 Å². The van der Waals surface area contributed by atoms with E-state index in [9.17, 15) is 0 Å². The number of rotatable bonds is 2. The molecule has 0 aliphatic heterocycles. The second-order valence-electron chi connectivity index (χ2n) is 3.16. The minimum absolute atomic E-state index is 0.425. The molecule has 1 rings (SSSR count). The molecule has 0 N–H and O–H groups in total. The topological polar surface area (TPSA) is 0 Å². The summed E-state index contributed by atoms with van der Waals surface area (Å²) in [5.41, 5.74) is 2.58. The molecule has 0 heterocycles. The first-order valence-corrected chi connectivity index (χ1v) is 4.60. The zero-order valence-electron chi connectivity index (χ0n) is 7.63. The zero-order chi connectivity index (χ0) is 9.14. The first-order valence-electron chi connectivity index (χ1n) is 4.20. The Morgan fingerprint density at radius 1 is 1.67 bits per heavy atom. The molecule has 0 amide bonds. The van der Waals surface area contributed by atoms with Crippen molar-refractivity contribution >= 4 is 17.1 Å². The van der Waals surface area contributed by atoms with Crippen molar-refractivity contribution in [1.82, 2.24) is 0 Å². The van der Waals surface area contributed by atoms with E-state index in [0.717, 1.165) is 11.3 Å². The summed E-state index contributed by atoms with van der Waals surface area (Å²) in [6.07, 6.45) is 7.17. The van der Waals surface area contributed by atoms with Gasteiger partial charge in [0.25, 0.3) is 0 Å². The van der Waals surface area contributed by atoms with Gasteiger partial charge in [0.1, 0.15) is 0 Å². The van der Waals surface area contributed by atoms with Crippen molar-refractivity contribution < 1.29 is 0 Å². The molecule has 0 fully saturated rings. The minimum atomic E-state index is 0.425. The number of hydrogen-bond donors (Lipinski definition) is 0. The van der Waals surface area contributed by atoms with Gasteiger partial charge in [0.05, 0.1) is 0 Å². The molecule has 64 valence electrons.